The first-order valence-corrected chi connectivity index (χ1v) is 3.33. The molecule has 0 amide bonds. The van der Waals surface area contributed by atoms with Gasteiger partial charge in [0.25, 0.3) is 0 Å². The van der Waals surface area contributed by atoms with E-state index in [9.17, 15) is 0 Å². The molecule has 0 bridgehead atoms. The Morgan fingerprint density at radius 1 is 1.50 bits per heavy atom. The molecule has 5 N–H and O–H groups in total. The van der Waals surface area contributed by atoms with Gasteiger partial charge >= 0.3 is 0 Å². The molecule has 0 aromatic rings. The van der Waals surface area contributed by atoms with Crippen LogP contribution in [0.5, 0.6) is 0 Å². The predicted octanol–water partition coefficient (Wildman–Crippen LogP) is -1.14. The van der Waals surface area contributed by atoms with Gasteiger partial charge in [-0.05, 0) is 6.42 Å². The van der Waals surface area contributed by atoms with Crippen molar-refractivity contribution in [2.24, 2.45) is 0 Å². The molecule has 0 saturated heterocycles. The second-order valence-corrected chi connectivity index (χ2v) is 1.98. The normalized spacial score (nSPS) is 12.3. The van der Waals surface area contributed by atoms with Gasteiger partial charge in [0.05, 0.1) is 6.61 Å². The van der Waals surface area contributed by atoms with Crippen LogP contribution in [0, 0.1) is 0 Å². The Hall–Kier alpha value is -0.160. The maximum Gasteiger partial charge on any atom is 0.104 e. The first-order valence-electron chi connectivity index (χ1n) is 3.33. The monoisotopic (exact) mass is 151 g/mol. The Labute approximate surface area is 61.2 Å². The molecular formula is C6H17NO3. The predicted molar refractivity (Wildman–Crippen MR) is 39.6 cm³/mol. The largest absolute Gasteiger partial charge is 0.412 e. The molecule has 0 aliphatic rings. The molecule has 0 rings (SSSR count). The van der Waals surface area contributed by atoms with Gasteiger partial charge in [0.2, 0.25) is 0 Å². The van der Waals surface area contributed by atoms with Crippen LogP contribution < -0.4 is 5.32 Å². The van der Waals surface area contributed by atoms with Crippen molar-refractivity contribution in [3.8, 4) is 0 Å². The van der Waals surface area contributed by atoms with Gasteiger partial charge in [0, 0.05) is 6.54 Å². The average molecular weight is 151 g/mol. The summed E-state index contributed by atoms with van der Waals surface area (Å²) in [5.74, 6) is 0. The minimum Gasteiger partial charge on any atom is -0.412 e. The number of rotatable bonds is 5. The van der Waals surface area contributed by atoms with Crippen LogP contribution in [0.15, 0.2) is 0 Å². The van der Waals surface area contributed by atoms with E-state index in [-0.39, 0.29) is 12.1 Å². The van der Waals surface area contributed by atoms with Crippen LogP contribution in [0.1, 0.15) is 19.8 Å². The molecule has 4 nitrogen and oxygen atoms in total. The van der Waals surface area contributed by atoms with E-state index < -0.39 is 6.23 Å². The van der Waals surface area contributed by atoms with Crippen LogP contribution in [0.25, 0.3) is 0 Å². The minimum atomic E-state index is -0.442. The highest BCUT2D eigenvalue weighted by atomic mass is 16.3. The average Bonchev–Trinajstić information content (AvgIpc) is 1.85. The van der Waals surface area contributed by atoms with Gasteiger partial charge in [-0.2, -0.15) is 0 Å². The van der Waals surface area contributed by atoms with E-state index in [4.69, 9.17) is 10.2 Å². The summed E-state index contributed by atoms with van der Waals surface area (Å²) in [7, 11) is 0. The Kier molecular flexibility index (Phi) is 11.1. The van der Waals surface area contributed by atoms with Gasteiger partial charge in [-0.15, -0.1) is 0 Å². The lowest BCUT2D eigenvalue weighted by Crippen LogP contribution is -2.30. The SMILES string of the molecule is CCCC(O)NCCO.O. The quantitative estimate of drug-likeness (QED) is 0.434. The van der Waals surface area contributed by atoms with E-state index in [1.165, 1.54) is 0 Å². The Morgan fingerprint density at radius 2 is 2.10 bits per heavy atom. The third kappa shape index (κ3) is 7.84. The number of hydrogen-bond donors (Lipinski definition) is 3. The summed E-state index contributed by atoms with van der Waals surface area (Å²) in [6.07, 6.45) is 1.27. The molecule has 64 valence electrons. The van der Waals surface area contributed by atoms with Gasteiger partial charge in [-0.3, -0.25) is 5.32 Å². The maximum atomic E-state index is 8.96. The van der Waals surface area contributed by atoms with Crippen molar-refractivity contribution in [1.29, 1.82) is 0 Å². The number of aliphatic hydroxyl groups is 2. The highest BCUT2D eigenvalue weighted by Crippen LogP contribution is 1.89. The van der Waals surface area contributed by atoms with Crippen molar-refractivity contribution in [2.75, 3.05) is 13.2 Å². The standard InChI is InChI=1S/C6H15NO2.H2O/c1-2-3-6(9)7-4-5-8;/h6-9H,2-5H2,1H3;1H2. The van der Waals surface area contributed by atoms with E-state index >= 15 is 0 Å². The molecule has 4 heteroatoms. The summed E-state index contributed by atoms with van der Waals surface area (Å²) in [4.78, 5) is 0. The second-order valence-electron chi connectivity index (χ2n) is 1.98. The molecule has 10 heavy (non-hydrogen) atoms. The fourth-order valence-electron chi connectivity index (χ4n) is 0.607. The zero-order valence-electron chi connectivity index (χ0n) is 6.30. The molecule has 0 spiro atoms. The fraction of sp³-hybridized carbons (Fsp3) is 1.00. The summed E-state index contributed by atoms with van der Waals surface area (Å²) in [6, 6.07) is 0. The molecule has 0 heterocycles. The van der Waals surface area contributed by atoms with E-state index in [2.05, 4.69) is 5.32 Å². The smallest absolute Gasteiger partial charge is 0.104 e. The summed E-state index contributed by atoms with van der Waals surface area (Å²) in [6.45, 7) is 2.56. The molecular weight excluding hydrogens is 134 g/mol. The van der Waals surface area contributed by atoms with E-state index in [0.29, 0.717) is 6.54 Å². The molecule has 0 aromatic heterocycles. The first-order chi connectivity index (χ1) is 4.31. The third-order valence-electron chi connectivity index (χ3n) is 1.05. The maximum absolute atomic E-state index is 8.96. The van der Waals surface area contributed by atoms with E-state index in [0.717, 1.165) is 12.8 Å². The molecule has 0 aliphatic heterocycles. The number of aliphatic hydroxyl groups excluding tert-OH is 2. The second kappa shape index (κ2) is 8.84. The van der Waals surface area contributed by atoms with Crippen LogP contribution >= 0.6 is 0 Å². The summed E-state index contributed by atoms with van der Waals surface area (Å²) < 4.78 is 0. The molecule has 0 fully saturated rings. The van der Waals surface area contributed by atoms with Crippen molar-refractivity contribution in [2.45, 2.75) is 26.0 Å². The minimum absolute atomic E-state index is 0. The van der Waals surface area contributed by atoms with Crippen molar-refractivity contribution < 1.29 is 15.7 Å². The topological polar surface area (TPSA) is 84.0 Å². The van der Waals surface area contributed by atoms with Crippen molar-refractivity contribution in [1.82, 2.24) is 5.32 Å². The first kappa shape index (κ1) is 12.5. The van der Waals surface area contributed by atoms with Gasteiger partial charge in [0.1, 0.15) is 6.23 Å². The highest BCUT2D eigenvalue weighted by molar-refractivity contribution is 4.50. The highest BCUT2D eigenvalue weighted by Gasteiger charge is 1.97. The Bertz CT molecular complexity index is 61.0. The fourth-order valence-corrected chi connectivity index (χ4v) is 0.607. The lowest BCUT2D eigenvalue weighted by atomic mass is 10.3. The van der Waals surface area contributed by atoms with Gasteiger partial charge in [0.15, 0.2) is 0 Å². The summed E-state index contributed by atoms with van der Waals surface area (Å²) in [5.41, 5.74) is 0. The molecule has 1 unspecified atom stereocenters. The number of nitrogens with one attached hydrogen (secondary N) is 1. The lowest BCUT2D eigenvalue weighted by Gasteiger charge is -2.08. The number of hydrogen-bond acceptors (Lipinski definition) is 3. The zero-order valence-corrected chi connectivity index (χ0v) is 6.30. The van der Waals surface area contributed by atoms with Crippen LogP contribution in [-0.2, 0) is 0 Å². The van der Waals surface area contributed by atoms with Crippen LogP contribution in [0.4, 0.5) is 0 Å². The Balaban J connectivity index is 0. The van der Waals surface area contributed by atoms with Gasteiger partial charge in [-0.1, -0.05) is 13.3 Å². The molecule has 0 radical (unpaired) electrons. The summed E-state index contributed by atoms with van der Waals surface area (Å²) in [5, 5.41) is 20.0. The van der Waals surface area contributed by atoms with Gasteiger partial charge in [-0.25, -0.2) is 0 Å². The zero-order chi connectivity index (χ0) is 7.11. The molecule has 0 saturated carbocycles. The van der Waals surface area contributed by atoms with Crippen molar-refractivity contribution in [3.63, 3.8) is 0 Å². The lowest BCUT2D eigenvalue weighted by molar-refractivity contribution is 0.118. The third-order valence-corrected chi connectivity index (χ3v) is 1.05. The molecule has 0 aliphatic carbocycles. The molecule has 0 aromatic carbocycles. The van der Waals surface area contributed by atoms with Crippen LogP contribution in [0.3, 0.4) is 0 Å². The molecule has 1 atom stereocenters. The van der Waals surface area contributed by atoms with E-state index in [1.807, 2.05) is 6.92 Å². The van der Waals surface area contributed by atoms with E-state index in [1.54, 1.807) is 0 Å². The van der Waals surface area contributed by atoms with Crippen molar-refractivity contribution in [3.05, 3.63) is 0 Å². The van der Waals surface area contributed by atoms with Crippen molar-refractivity contribution >= 4 is 0 Å². The van der Waals surface area contributed by atoms with Crippen LogP contribution in [0.2, 0.25) is 0 Å². The summed E-state index contributed by atoms with van der Waals surface area (Å²) >= 11 is 0. The van der Waals surface area contributed by atoms with Gasteiger partial charge < -0.3 is 15.7 Å². The Morgan fingerprint density at radius 3 is 2.50 bits per heavy atom. The van der Waals surface area contributed by atoms with Crippen LogP contribution in [-0.4, -0.2) is 35.1 Å².